The van der Waals surface area contributed by atoms with Crippen molar-refractivity contribution in [1.29, 1.82) is 5.26 Å². The molecular weight excluding hydrogens is 186 g/mol. The number of fused-ring (bicyclic) bond motifs is 1. The molecule has 3 rings (SSSR count). The van der Waals surface area contributed by atoms with Gasteiger partial charge in [0.2, 0.25) is 0 Å². The predicted octanol–water partition coefficient (Wildman–Crippen LogP) is 2.18. The van der Waals surface area contributed by atoms with Crippen LogP contribution in [-0.4, -0.2) is 5.78 Å². The maximum absolute atomic E-state index is 11.5. The van der Waals surface area contributed by atoms with Gasteiger partial charge in [-0.15, -0.1) is 0 Å². The minimum absolute atomic E-state index is 0.115. The van der Waals surface area contributed by atoms with Gasteiger partial charge in [0.1, 0.15) is 5.78 Å². The summed E-state index contributed by atoms with van der Waals surface area (Å²) < 4.78 is 0. The molecule has 0 aliphatic heterocycles. The number of hydrogen-bond donors (Lipinski definition) is 0. The van der Waals surface area contributed by atoms with Gasteiger partial charge in [-0.25, -0.2) is 0 Å². The van der Waals surface area contributed by atoms with Gasteiger partial charge in [-0.1, -0.05) is 12.1 Å². The van der Waals surface area contributed by atoms with Gasteiger partial charge in [-0.2, -0.15) is 5.26 Å². The Morgan fingerprint density at radius 3 is 2.93 bits per heavy atom. The molecule has 2 atom stereocenters. The Hall–Kier alpha value is -1.62. The van der Waals surface area contributed by atoms with Crippen LogP contribution in [0, 0.1) is 17.2 Å². The monoisotopic (exact) mass is 197 g/mol. The molecule has 0 spiro atoms. The maximum atomic E-state index is 11.5. The Labute approximate surface area is 88.5 Å². The van der Waals surface area contributed by atoms with Crippen molar-refractivity contribution < 1.29 is 4.79 Å². The molecule has 2 nitrogen and oxygen atoms in total. The van der Waals surface area contributed by atoms with Crippen LogP contribution < -0.4 is 0 Å². The van der Waals surface area contributed by atoms with Crippen molar-refractivity contribution in [1.82, 2.24) is 0 Å². The molecule has 0 saturated heterocycles. The number of nitriles is 1. The lowest BCUT2D eigenvalue weighted by atomic mass is 9.92. The summed E-state index contributed by atoms with van der Waals surface area (Å²) in [4.78, 5) is 11.5. The molecule has 0 radical (unpaired) electrons. The fraction of sp³-hybridized carbons (Fsp3) is 0.385. The average molecular weight is 197 g/mol. The zero-order valence-electron chi connectivity index (χ0n) is 8.36. The van der Waals surface area contributed by atoms with Gasteiger partial charge in [0.05, 0.1) is 11.6 Å². The number of nitrogens with zero attached hydrogens (tertiary/aromatic N) is 1. The summed E-state index contributed by atoms with van der Waals surface area (Å²) in [6, 6.07) is 9.88. The van der Waals surface area contributed by atoms with Crippen molar-refractivity contribution in [2.75, 3.05) is 0 Å². The molecule has 15 heavy (non-hydrogen) atoms. The SMILES string of the molecule is N#Cc1cccc(C23CCC(=O)C2C3)c1. The lowest BCUT2D eigenvalue weighted by Gasteiger charge is -2.11. The number of ketones is 1. The second-order valence-electron chi connectivity index (χ2n) is 4.57. The third-order valence-corrected chi connectivity index (χ3v) is 3.85. The first kappa shape index (κ1) is 8.67. The predicted molar refractivity (Wildman–Crippen MR) is 55.2 cm³/mol. The molecular formula is C13H11NO. The highest BCUT2D eigenvalue weighted by Gasteiger charge is 2.62. The van der Waals surface area contributed by atoms with E-state index in [1.54, 1.807) is 0 Å². The van der Waals surface area contributed by atoms with E-state index in [1.807, 2.05) is 18.2 Å². The molecule has 1 aromatic rings. The summed E-state index contributed by atoms with van der Waals surface area (Å²) in [7, 11) is 0. The number of Topliss-reactive ketones (excluding diaryl/α,β-unsaturated/α-hetero) is 1. The first-order valence-electron chi connectivity index (χ1n) is 5.30. The molecule has 0 heterocycles. The van der Waals surface area contributed by atoms with Crippen molar-refractivity contribution >= 4 is 5.78 Å². The summed E-state index contributed by atoms with van der Waals surface area (Å²) in [5, 5.41) is 8.84. The van der Waals surface area contributed by atoms with E-state index in [1.165, 1.54) is 5.56 Å². The van der Waals surface area contributed by atoms with Crippen LogP contribution in [0.25, 0.3) is 0 Å². The van der Waals surface area contributed by atoms with E-state index in [0.29, 0.717) is 11.3 Å². The van der Waals surface area contributed by atoms with E-state index < -0.39 is 0 Å². The Morgan fingerprint density at radius 2 is 2.33 bits per heavy atom. The quantitative estimate of drug-likeness (QED) is 0.692. The summed E-state index contributed by atoms with van der Waals surface area (Å²) >= 11 is 0. The summed E-state index contributed by atoms with van der Waals surface area (Å²) in [6.07, 6.45) is 2.70. The molecule has 1 aromatic carbocycles. The van der Waals surface area contributed by atoms with E-state index in [2.05, 4.69) is 12.1 Å². The van der Waals surface area contributed by atoms with E-state index in [9.17, 15) is 4.79 Å². The minimum Gasteiger partial charge on any atom is -0.299 e. The van der Waals surface area contributed by atoms with Crippen LogP contribution in [-0.2, 0) is 10.2 Å². The topological polar surface area (TPSA) is 40.9 Å². The first-order valence-corrected chi connectivity index (χ1v) is 5.30. The number of rotatable bonds is 1. The van der Waals surface area contributed by atoms with Gasteiger partial charge in [-0.3, -0.25) is 4.79 Å². The lowest BCUT2D eigenvalue weighted by molar-refractivity contribution is -0.119. The van der Waals surface area contributed by atoms with Crippen molar-refractivity contribution in [2.45, 2.75) is 24.7 Å². The number of hydrogen-bond acceptors (Lipinski definition) is 2. The molecule has 2 unspecified atom stereocenters. The molecule has 2 fully saturated rings. The molecule has 0 amide bonds. The fourth-order valence-corrected chi connectivity index (χ4v) is 2.89. The van der Waals surface area contributed by atoms with Gasteiger partial charge < -0.3 is 0 Å². The smallest absolute Gasteiger partial charge is 0.136 e. The normalized spacial score (nSPS) is 32.2. The molecule has 2 saturated carbocycles. The molecule has 0 bridgehead atoms. The number of carbonyl (C=O) groups is 1. The van der Waals surface area contributed by atoms with Gasteiger partial charge in [0, 0.05) is 17.8 Å². The third kappa shape index (κ3) is 1.07. The van der Waals surface area contributed by atoms with Crippen molar-refractivity contribution in [3.05, 3.63) is 35.4 Å². The van der Waals surface area contributed by atoms with Crippen LogP contribution in [0.3, 0.4) is 0 Å². The standard InChI is InChI=1S/C13H11NO/c14-8-9-2-1-3-10(6-9)13-5-4-12(15)11(13)7-13/h1-3,6,11H,4-5,7H2. The van der Waals surface area contributed by atoms with Crippen LogP contribution in [0.2, 0.25) is 0 Å². The number of carbonyl (C=O) groups excluding carboxylic acids is 1. The van der Waals surface area contributed by atoms with Gasteiger partial charge in [0.15, 0.2) is 0 Å². The molecule has 74 valence electrons. The largest absolute Gasteiger partial charge is 0.299 e. The summed E-state index contributed by atoms with van der Waals surface area (Å²) in [6.45, 7) is 0. The minimum atomic E-state index is 0.115. The highest BCUT2D eigenvalue weighted by molar-refractivity contribution is 5.89. The number of benzene rings is 1. The third-order valence-electron chi connectivity index (χ3n) is 3.85. The highest BCUT2D eigenvalue weighted by atomic mass is 16.1. The van der Waals surface area contributed by atoms with Crippen LogP contribution in [0.4, 0.5) is 0 Å². The molecule has 2 heteroatoms. The van der Waals surface area contributed by atoms with Crippen LogP contribution in [0.15, 0.2) is 24.3 Å². The summed E-state index contributed by atoms with van der Waals surface area (Å²) in [5.74, 6) is 0.670. The maximum Gasteiger partial charge on any atom is 0.136 e. The van der Waals surface area contributed by atoms with Crippen LogP contribution in [0.1, 0.15) is 30.4 Å². The van der Waals surface area contributed by atoms with Crippen LogP contribution >= 0.6 is 0 Å². The van der Waals surface area contributed by atoms with Gasteiger partial charge in [-0.05, 0) is 30.5 Å². The second-order valence-corrected chi connectivity index (χ2v) is 4.57. The average Bonchev–Trinajstić information content (AvgIpc) is 2.95. The Kier molecular flexibility index (Phi) is 1.56. The second kappa shape index (κ2) is 2.70. The van der Waals surface area contributed by atoms with Crippen molar-refractivity contribution in [3.8, 4) is 6.07 Å². The Bertz CT molecular complexity index is 486. The molecule has 2 aliphatic carbocycles. The van der Waals surface area contributed by atoms with E-state index in [4.69, 9.17) is 5.26 Å². The van der Waals surface area contributed by atoms with Crippen LogP contribution in [0.5, 0.6) is 0 Å². The molecule has 0 aromatic heterocycles. The van der Waals surface area contributed by atoms with Gasteiger partial charge in [0.25, 0.3) is 0 Å². The fourth-order valence-electron chi connectivity index (χ4n) is 2.89. The molecule has 2 aliphatic rings. The zero-order chi connectivity index (χ0) is 10.5. The van der Waals surface area contributed by atoms with Crippen molar-refractivity contribution in [3.63, 3.8) is 0 Å². The zero-order valence-corrected chi connectivity index (χ0v) is 8.36. The lowest BCUT2D eigenvalue weighted by Crippen LogP contribution is -2.05. The molecule has 0 N–H and O–H groups in total. The van der Waals surface area contributed by atoms with E-state index >= 15 is 0 Å². The Morgan fingerprint density at radius 1 is 1.47 bits per heavy atom. The Balaban J connectivity index is 2.02. The highest BCUT2D eigenvalue weighted by Crippen LogP contribution is 2.62. The summed E-state index contributed by atoms with van der Waals surface area (Å²) in [5.41, 5.74) is 2.01. The van der Waals surface area contributed by atoms with Crippen molar-refractivity contribution in [2.24, 2.45) is 5.92 Å². The first-order chi connectivity index (χ1) is 7.26. The van der Waals surface area contributed by atoms with E-state index in [0.717, 1.165) is 19.3 Å². The van der Waals surface area contributed by atoms with Gasteiger partial charge >= 0.3 is 0 Å². The van der Waals surface area contributed by atoms with E-state index in [-0.39, 0.29) is 11.3 Å².